The Morgan fingerprint density at radius 3 is 2.82 bits per heavy atom. The van der Waals surface area contributed by atoms with Crippen LogP contribution in [0, 0.1) is 0 Å². The minimum Gasteiger partial charge on any atom is -0.313 e. The summed E-state index contributed by atoms with van der Waals surface area (Å²) >= 11 is 6.01. The van der Waals surface area contributed by atoms with Gasteiger partial charge in [-0.1, -0.05) is 43.9 Å². The molecule has 17 heavy (non-hydrogen) atoms. The summed E-state index contributed by atoms with van der Waals surface area (Å²) in [5.74, 6) is 0. The van der Waals surface area contributed by atoms with Crippen LogP contribution in [-0.2, 0) is 12.8 Å². The van der Waals surface area contributed by atoms with Gasteiger partial charge in [-0.2, -0.15) is 0 Å². The highest BCUT2D eigenvalue weighted by Crippen LogP contribution is 2.25. The molecule has 1 nitrogen and oxygen atoms in total. The average molecular weight is 252 g/mol. The molecule has 0 radical (unpaired) electrons. The van der Waals surface area contributed by atoms with Gasteiger partial charge in [0.1, 0.15) is 0 Å². The molecule has 0 heterocycles. The summed E-state index contributed by atoms with van der Waals surface area (Å²) < 4.78 is 0. The summed E-state index contributed by atoms with van der Waals surface area (Å²) in [7, 11) is 0. The molecule has 0 fully saturated rings. The predicted molar refractivity (Wildman–Crippen MR) is 74.8 cm³/mol. The number of benzene rings is 1. The molecule has 1 aromatic carbocycles. The Morgan fingerprint density at radius 1 is 1.18 bits per heavy atom. The first-order valence-corrected chi connectivity index (χ1v) is 7.18. The van der Waals surface area contributed by atoms with Crippen LogP contribution in [0.4, 0.5) is 0 Å². The van der Waals surface area contributed by atoms with E-state index >= 15 is 0 Å². The minimum absolute atomic E-state index is 0.630. The van der Waals surface area contributed by atoms with Gasteiger partial charge in [0.05, 0.1) is 0 Å². The third-order valence-corrected chi connectivity index (χ3v) is 3.80. The minimum atomic E-state index is 0.630. The summed E-state index contributed by atoms with van der Waals surface area (Å²) in [6.07, 6.45) is 7.65. The quantitative estimate of drug-likeness (QED) is 0.755. The van der Waals surface area contributed by atoms with Gasteiger partial charge in [0.15, 0.2) is 0 Å². The first kappa shape index (κ1) is 12.9. The summed E-state index contributed by atoms with van der Waals surface area (Å²) in [4.78, 5) is 0. The van der Waals surface area contributed by atoms with Crippen LogP contribution >= 0.6 is 11.6 Å². The molecule has 0 bridgehead atoms. The Morgan fingerprint density at radius 2 is 2.00 bits per heavy atom. The highest BCUT2D eigenvalue weighted by Gasteiger charge is 2.20. The molecule has 1 N–H and O–H groups in total. The van der Waals surface area contributed by atoms with Crippen molar-refractivity contribution in [2.45, 2.75) is 51.5 Å². The molecular weight excluding hydrogens is 230 g/mol. The Labute approximate surface area is 110 Å². The fourth-order valence-corrected chi connectivity index (χ4v) is 2.78. The van der Waals surface area contributed by atoms with E-state index in [0.717, 1.165) is 18.0 Å². The molecule has 2 heteroatoms. The van der Waals surface area contributed by atoms with Crippen LogP contribution in [0.2, 0.25) is 5.02 Å². The van der Waals surface area contributed by atoms with E-state index in [9.17, 15) is 0 Å². The zero-order chi connectivity index (χ0) is 12.1. The molecule has 1 aliphatic carbocycles. The third kappa shape index (κ3) is 3.72. The van der Waals surface area contributed by atoms with E-state index in [4.69, 9.17) is 11.6 Å². The zero-order valence-corrected chi connectivity index (χ0v) is 11.4. The number of hydrogen-bond acceptors (Lipinski definition) is 1. The molecule has 0 saturated carbocycles. The van der Waals surface area contributed by atoms with Crippen molar-refractivity contribution in [2.75, 3.05) is 6.54 Å². The summed E-state index contributed by atoms with van der Waals surface area (Å²) in [6.45, 7) is 3.41. The van der Waals surface area contributed by atoms with E-state index in [1.165, 1.54) is 43.2 Å². The lowest BCUT2D eigenvalue weighted by molar-refractivity contribution is 0.508. The second-order valence-corrected chi connectivity index (χ2v) is 5.47. The van der Waals surface area contributed by atoms with Gasteiger partial charge in [-0.15, -0.1) is 0 Å². The van der Waals surface area contributed by atoms with Crippen LogP contribution < -0.4 is 5.32 Å². The van der Waals surface area contributed by atoms with Gasteiger partial charge in [-0.3, -0.25) is 0 Å². The lowest BCUT2D eigenvalue weighted by Crippen LogP contribution is -2.30. The van der Waals surface area contributed by atoms with Gasteiger partial charge in [0.2, 0.25) is 0 Å². The van der Waals surface area contributed by atoms with E-state index in [1.807, 2.05) is 6.07 Å². The van der Waals surface area contributed by atoms with Crippen molar-refractivity contribution in [1.82, 2.24) is 5.32 Å². The molecule has 1 aromatic rings. The fraction of sp³-hybridized carbons (Fsp3) is 0.600. The number of unbranched alkanes of at least 4 members (excludes halogenated alkanes) is 3. The molecular formula is C15H22ClN. The topological polar surface area (TPSA) is 12.0 Å². The first-order chi connectivity index (χ1) is 8.29. The van der Waals surface area contributed by atoms with Gasteiger partial charge >= 0.3 is 0 Å². The van der Waals surface area contributed by atoms with Gasteiger partial charge < -0.3 is 5.32 Å². The van der Waals surface area contributed by atoms with E-state index in [-0.39, 0.29) is 0 Å². The molecule has 0 aliphatic heterocycles. The smallest absolute Gasteiger partial charge is 0.0408 e. The average Bonchev–Trinajstić information content (AvgIpc) is 2.70. The second kappa shape index (κ2) is 6.42. The largest absolute Gasteiger partial charge is 0.313 e. The molecule has 1 aliphatic rings. The number of nitrogens with one attached hydrogen (secondary N) is 1. The standard InChI is InChI=1S/C15H22ClN/c1-2-3-4-5-8-17-15-10-12-6-7-14(16)9-13(12)11-15/h6-7,9,15,17H,2-5,8,10-11H2,1H3. The van der Waals surface area contributed by atoms with Gasteiger partial charge in [-0.05, 0) is 49.1 Å². The molecule has 1 unspecified atom stereocenters. The Balaban J connectivity index is 1.73. The van der Waals surface area contributed by atoms with Gasteiger partial charge in [-0.25, -0.2) is 0 Å². The monoisotopic (exact) mass is 251 g/mol. The third-order valence-electron chi connectivity index (χ3n) is 3.56. The van der Waals surface area contributed by atoms with Crippen molar-refractivity contribution in [1.29, 1.82) is 0 Å². The van der Waals surface area contributed by atoms with Crippen LogP contribution in [0.3, 0.4) is 0 Å². The number of halogens is 1. The molecule has 0 amide bonds. The van der Waals surface area contributed by atoms with Gasteiger partial charge in [0.25, 0.3) is 0 Å². The number of fused-ring (bicyclic) bond motifs is 1. The first-order valence-electron chi connectivity index (χ1n) is 6.80. The van der Waals surface area contributed by atoms with Crippen LogP contribution in [-0.4, -0.2) is 12.6 Å². The molecule has 0 aromatic heterocycles. The maximum Gasteiger partial charge on any atom is 0.0408 e. The van der Waals surface area contributed by atoms with Crippen molar-refractivity contribution >= 4 is 11.6 Å². The van der Waals surface area contributed by atoms with E-state index in [0.29, 0.717) is 6.04 Å². The summed E-state index contributed by atoms with van der Waals surface area (Å²) in [5.41, 5.74) is 2.91. The summed E-state index contributed by atoms with van der Waals surface area (Å²) in [5, 5.41) is 4.53. The van der Waals surface area contributed by atoms with Crippen molar-refractivity contribution in [3.05, 3.63) is 34.3 Å². The van der Waals surface area contributed by atoms with Crippen LogP contribution in [0.5, 0.6) is 0 Å². The van der Waals surface area contributed by atoms with Crippen LogP contribution in [0.15, 0.2) is 18.2 Å². The lowest BCUT2D eigenvalue weighted by Gasteiger charge is -2.11. The Hall–Kier alpha value is -0.530. The Kier molecular flexibility index (Phi) is 4.87. The highest BCUT2D eigenvalue weighted by atomic mass is 35.5. The van der Waals surface area contributed by atoms with Crippen molar-refractivity contribution in [3.8, 4) is 0 Å². The molecule has 94 valence electrons. The van der Waals surface area contributed by atoms with E-state index in [2.05, 4.69) is 24.4 Å². The predicted octanol–water partition coefficient (Wildman–Crippen LogP) is 3.98. The fourth-order valence-electron chi connectivity index (χ4n) is 2.59. The van der Waals surface area contributed by atoms with Crippen molar-refractivity contribution in [3.63, 3.8) is 0 Å². The van der Waals surface area contributed by atoms with Gasteiger partial charge in [0, 0.05) is 11.1 Å². The van der Waals surface area contributed by atoms with E-state index in [1.54, 1.807) is 0 Å². The molecule has 0 spiro atoms. The number of hydrogen-bond donors (Lipinski definition) is 1. The van der Waals surface area contributed by atoms with Crippen LogP contribution in [0.25, 0.3) is 0 Å². The maximum absolute atomic E-state index is 6.01. The Bertz CT molecular complexity index is 362. The SMILES string of the molecule is CCCCCCNC1Cc2ccc(Cl)cc2C1. The zero-order valence-electron chi connectivity index (χ0n) is 10.6. The van der Waals surface area contributed by atoms with Crippen molar-refractivity contribution in [2.24, 2.45) is 0 Å². The maximum atomic E-state index is 6.01. The van der Waals surface area contributed by atoms with Crippen molar-refractivity contribution < 1.29 is 0 Å². The number of rotatable bonds is 6. The normalized spacial score (nSPS) is 18.4. The summed E-state index contributed by atoms with van der Waals surface area (Å²) in [6, 6.07) is 6.93. The van der Waals surface area contributed by atoms with E-state index < -0.39 is 0 Å². The lowest BCUT2D eigenvalue weighted by atomic mass is 10.1. The molecule has 0 saturated heterocycles. The highest BCUT2D eigenvalue weighted by molar-refractivity contribution is 6.30. The molecule has 2 rings (SSSR count). The molecule has 1 atom stereocenters. The second-order valence-electron chi connectivity index (χ2n) is 5.03. The van der Waals surface area contributed by atoms with Crippen LogP contribution in [0.1, 0.15) is 43.7 Å².